The Labute approximate surface area is 160 Å². The molecule has 0 saturated carbocycles. The third-order valence-electron chi connectivity index (χ3n) is 3.76. The van der Waals surface area contributed by atoms with Crippen molar-refractivity contribution >= 4 is 44.9 Å². The Balaban J connectivity index is 2.07. The molecule has 0 aliphatic carbocycles. The van der Waals surface area contributed by atoms with Crippen molar-refractivity contribution in [3.8, 4) is 16.9 Å². The second-order valence-corrected chi connectivity index (χ2v) is 6.95. The molecular weight excluding hydrogens is 397 g/mol. The number of hydrogen-bond acceptors (Lipinski definition) is 5. The zero-order valence-electron chi connectivity index (χ0n) is 13.5. The molecule has 0 atom stereocenters. The summed E-state index contributed by atoms with van der Waals surface area (Å²) in [6.07, 6.45) is 0. The number of fused-ring (bicyclic) bond motifs is 1. The zero-order valence-corrected chi connectivity index (χ0v) is 15.0. The number of carbonyl (C=O) groups excluding carboxylic acids is 1. The van der Waals surface area contributed by atoms with Crippen LogP contribution in [0.15, 0.2) is 41.2 Å². The molecule has 3 aromatic rings. The highest BCUT2D eigenvalue weighted by Gasteiger charge is 2.20. The fourth-order valence-corrected chi connectivity index (χ4v) is 3.62. The third-order valence-corrected chi connectivity index (χ3v) is 5.00. The molecule has 0 aliphatic heterocycles. The number of rotatable bonds is 4. The molecule has 1 heterocycles. The number of aromatic hydroxyl groups is 1. The van der Waals surface area contributed by atoms with E-state index < -0.39 is 40.3 Å². The summed E-state index contributed by atoms with van der Waals surface area (Å²) in [4.78, 5) is 34.8. The average molecular weight is 408 g/mol. The highest BCUT2D eigenvalue weighted by molar-refractivity contribution is 7.16. The van der Waals surface area contributed by atoms with E-state index in [-0.39, 0.29) is 10.4 Å². The van der Waals surface area contributed by atoms with Gasteiger partial charge in [-0.25, -0.2) is 4.39 Å². The first-order valence-electron chi connectivity index (χ1n) is 7.53. The van der Waals surface area contributed by atoms with E-state index in [1.165, 1.54) is 24.3 Å². The maximum absolute atomic E-state index is 13.3. The summed E-state index contributed by atoms with van der Waals surface area (Å²) < 4.78 is 13.0. The molecule has 0 bridgehead atoms. The minimum atomic E-state index is -1.28. The minimum Gasteiger partial charge on any atom is -0.506 e. The molecule has 0 radical (unpaired) electrons. The van der Waals surface area contributed by atoms with Crippen LogP contribution in [0.1, 0.15) is 10.4 Å². The number of halogens is 2. The van der Waals surface area contributed by atoms with Crippen LogP contribution in [0.3, 0.4) is 0 Å². The van der Waals surface area contributed by atoms with Crippen LogP contribution in [0.2, 0.25) is 5.02 Å². The van der Waals surface area contributed by atoms with E-state index >= 15 is 0 Å². The Morgan fingerprint density at radius 3 is 2.48 bits per heavy atom. The maximum atomic E-state index is 13.3. The first kappa shape index (κ1) is 18.8. The average Bonchev–Trinajstić information content (AvgIpc) is 2.61. The van der Waals surface area contributed by atoms with Gasteiger partial charge in [-0.1, -0.05) is 35.1 Å². The predicted molar refractivity (Wildman–Crippen MR) is 100 cm³/mol. The Bertz CT molecular complexity index is 1140. The number of nitrogens with one attached hydrogen (secondary N) is 1. The molecule has 0 saturated heterocycles. The molecule has 138 valence electrons. The number of carbonyl (C=O) groups is 2. The van der Waals surface area contributed by atoms with Crippen molar-refractivity contribution in [3.05, 3.63) is 62.3 Å². The molecule has 3 N–H and O–H groups in total. The van der Waals surface area contributed by atoms with Crippen LogP contribution in [0, 0.1) is 5.82 Å². The molecule has 1 aromatic heterocycles. The molecule has 0 spiro atoms. The summed E-state index contributed by atoms with van der Waals surface area (Å²) in [5.41, 5.74) is 0.750. The maximum Gasteiger partial charge on any atom is 0.322 e. The van der Waals surface area contributed by atoms with E-state index in [0.717, 1.165) is 11.3 Å². The standard InChI is InChI=1S/C18H11ClFNO5S/c19-11-5-8(2-4-12(11)20)9-1-3-10-13(6-9)27-18(26)15(16(10)24)17(25)21-7-14(22)23/h1-6,24H,7H2,(H,21,25)(H,22,23). The molecule has 0 fully saturated rings. The van der Waals surface area contributed by atoms with Gasteiger partial charge in [-0.3, -0.25) is 14.4 Å². The monoisotopic (exact) mass is 407 g/mol. The van der Waals surface area contributed by atoms with Gasteiger partial charge in [-0.15, -0.1) is 0 Å². The van der Waals surface area contributed by atoms with Gasteiger partial charge in [0.1, 0.15) is 23.7 Å². The van der Waals surface area contributed by atoms with Crippen molar-refractivity contribution in [3.63, 3.8) is 0 Å². The van der Waals surface area contributed by atoms with Gasteiger partial charge < -0.3 is 15.5 Å². The Kier molecular flexibility index (Phi) is 5.11. The first-order valence-corrected chi connectivity index (χ1v) is 8.72. The summed E-state index contributed by atoms with van der Waals surface area (Å²) >= 11 is 6.52. The van der Waals surface area contributed by atoms with Gasteiger partial charge in [-0.2, -0.15) is 0 Å². The lowest BCUT2D eigenvalue weighted by Gasteiger charge is -2.09. The quantitative estimate of drug-likeness (QED) is 0.616. The number of aliphatic carboxylic acids is 1. The SMILES string of the molecule is O=C(O)CNC(=O)c1c(O)c2ccc(-c3ccc(F)c(Cl)c3)cc2sc1=O. The lowest BCUT2D eigenvalue weighted by atomic mass is 10.0. The van der Waals surface area contributed by atoms with Crippen molar-refractivity contribution in [2.24, 2.45) is 0 Å². The number of amides is 1. The van der Waals surface area contributed by atoms with Gasteiger partial charge in [0.05, 0.1) is 5.02 Å². The molecular formula is C18H11ClFNO5S. The van der Waals surface area contributed by atoms with E-state index in [4.69, 9.17) is 16.7 Å². The second-order valence-electron chi connectivity index (χ2n) is 5.53. The third kappa shape index (κ3) is 3.76. The normalized spacial score (nSPS) is 10.7. The lowest BCUT2D eigenvalue weighted by Crippen LogP contribution is -2.32. The number of benzene rings is 2. The summed E-state index contributed by atoms with van der Waals surface area (Å²) in [5, 5.41) is 21.2. The van der Waals surface area contributed by atoms with E-state index in [1.54, 1.807) is 12.1 Å². The molecule has 0 unspecified atom stereocenters. The van der Waals surface area contributed by atoms with Crippen LogP contribution >= 0.6 is 22.9 Å². The number of carboxylic acids is 1. The summed E-state index contributed by atoms with van der Waals surface area (Å²) in [7, 11) is 0. The summed E-state index contributed by atoms with van der Waals surface area (Å²) in [6.45, 7) is -0.676. The van der Waals surface area contributed by atoms with Crippen molar-refractivity contribution in [2.75, 3.05) is 6.54 Å². The van der Waals surface area contributed by atoms with E-state index in [2.05, 4.69) is 5.32 Å². The molecule has 0 aliphatic rings. The lowest BCUT2D eigenvalue weighted by molar-refractivity contribution is -0.135. The highest BCUT2D eigenvalue weighted by Crippen LogP contribution is 2.33. The number of carboxylic acid groups (broad SMARTS) is 1. The fourth-order valence-electron chi connectivity index (χ4n) is 2.48. The zero-order chi connectivity index (χ0) is 19.7. The topological polar surface area (TPSA) is 104 Å². The van der Waals surface area contributed by atoms with Gasteiger partial charge >= 0.3 is 5.97 Å². The first-order chi connectivity index (χ1) is 12.8. The molecule has 3 rings (SSSR count). The van der Waals surface area contributed by atoms with Gasteiger partial charge in [0, 0.05) is 10.1 Å². The van der Waals surface area contributed by atoms with Crippen LogP contribution in [0.4, 0.5) is 4.39 Å². The van der Waals surface area contributed by atoms with Crippen molar-refractivity contribution in [1.82, 2.24) is 5.32 Å². The molecule has 9 heteroatoms. The highest BCUT2D eigenvalue weighted by atomic mass is 35.5. The van der Waals surface area contributed by atoms with Crippen molar-refractivity contribution < 1.29 is 24.2 Å². The number of hydrogen-bond donors (Lipinski definition) is 3. The van der Waals surface area contributed by atoms with Crippen LogP contribution < -0.4 is 10.1 Å². The largest absolute Gasteiger partial charge is 0.506 e. The summed E-state index contributed by atoms with van der Waals surface area (Å²) in [6, 6.07) is 8.94. The Morgan fingerprint density at radius 2 is 1.81 bits per heavy atom. The van der Waals surface area contributed by atoms with Gasteiger partial charge in [0.15, 0.2) is 0 Å². The van der Waals surface area contributed by atoms with Gasteiger partial charge in [0.25, 0.3) is 5.91 Å². The smallest absolute Gasteiger partial charge is 0.322 e. The Morgan fingerprint density at radius 1 is 1.15 bits per heavy atom. The minimum absolute atomic E-state index is 0.0471. The van der Waals surface area contributed by atoms with Crippen molar-refractivity contribution in [1.29, 1.82) is 0 Å². The van der Waals surface area contributed by atoms with Crippen LogP contribution in [-0.4, -0.2) is 28.6 Å². The molecule has 1 amide bonds. The molecule has 27 heavy (non-hydrogen) atoms. The van der Waals surface area contributed by atoms with Crippen LogP contribution in [-0.2, 0) is 4.79 Å². The van der Waals surface area contributed by atoms with Gasteiger partial charge in [-0.05, 0) is 35.4 Å². The van der Waals surface area contributed by atoms with E-state index in [0.29, 0.717) is 15.8 Å². The van der Waals surface area contributed by atoms with Crippen LogP contribution in [0.5, 0.6) is 5.75 Å². The Hall–Kier alpha value is -2.97. The molecule has 2 aromatic carbocycles. The van der Waals surface area contributed by atoms with Gasteiger partial charge in [0.2, 0.25) is 4.74 Å². The second kappa shape index (κ2) is 7.34. The predicted octanol–water partition coefficient (Wildman–Crippen LogP) is 3.24. The summed E-state index contributed by atoms with van der Waals surface area (Å²) in [5.74, 6) is -3.32. The molecule has 6 nitrogen and oxygen atoms in total. The van der Waals surface area contributed by atoms with Crippen molar-refractivity contribution in [2.45, 2.75) is 0 Å². The van der Waals surface area contributed by atoms with Crippen LogP contribution in [0.25, 0.3) is 21.2 Å². The fraction of sp³-hybridized carbons (Fsp3) is 0.0556. The van der Waals surface area contributed by atoms with E-state index in [9.17, 15) is 23.9 Å². The van der Waals surface area contributed by atoms with E-state index in [1.807, 2.05) is 0 Å².